The van der Waals surface area contributed by atoms with Crippen LogP contribution in [0.3, 0.4) is 0 Å². The first-order chi connectivity index (χ1) is 7.13. The van der Waals surface area contributed by atoms with E-state index < -0.39 is 0 Å². The fraction of sp³-hybridized carbons (Fsp3) is 0.273. The smallest absolute Gasteiger partial charge is 0.253 e. The average Bonchev–Trinajstić information content (AvgIpc) is 2.18. The molecule has 1 rings (SSSR count). The fourth-order valence-corrected chi connectivity index (χ4v) is 1.44. The SMILES string of the molecule is C#CCC(C)NC(=O)c1cncc(Br)c1. The quantitative estimate of drug-likeness (QED) is 0.851. The van der Waals surface area contributed by atoms with Crippen LogP contribution in [0.15, 0.2) is 22.9 Å². The molecule has 1 heterocycles. The molecule has 0 aliphatic heterocycles. The van der Waals surface area contributed by atoms with Gasteiger partial charge in [-0.3, -0.25) is 9.78 Å². The number of halogens is 1. The van der Waals surface area contributed by atoms with Gasteiger partial charge in [0.05, 0.1) is 5.56 Å². The molecule has 0 fully saturated rings. The van der Waals surface area contributed by atoms with Crippen LogP contribution in [0.2, 0.25) is 0 Å². The van der Waals surface area contributed by atoms with E-state index in [9.17, 15) is 4.79 Å². The van der Waals surface area contributed by atoms with Crippen LogP contribution in [0.25, 0.3) is 0 Å². The molecule has 4 heteroatoms. The van der Waals surface area contributed by atoms with Crippen LogP contribution >= 0.6 is 15.9 Å². The molecule has 3 nitrogen and oxygen atoms in total. The highest BCUT2D eigenvalue weighted by Crippen LogP contribution is 2.09. The second-order valence-corrected chi connectivity index (χ2v) is 4.09. The number of hydrogen-bond donors (Lipinski definition) is 1. The summed E-state index contributed by atoms with van der Waals surface area (Å²) in [6.45, 7) is 1.86. The Morgan fingerprint density at radius 1 is 1.73 bits per heavy atom. The van der Waals surface area contributed by atoms with Crippen molar-refractivity contribution in [2.75, 3.05) is 0 Å². The molecule has 15 heavy (non-hydrogen) atoms. The molecule has 78 valence electrons. The number of aromatic nitrogens is 1. The Bertz CT molecular complexity index is 398. The molecule has 1 unspecified atom stereocenters. The fourth-order valence-electron chi connectivity index (χ4n) is 1.07. The van der Waals surface area contributed by atoms with Crippen LogP contribution < -0.4 is 5.32 Å². The Hall–Kier alpha value is -1.34. The van der Waals surface area contributed by atoms with E-state index in [1.807, 2.05) is 6.92 Å². The Balaban J connectivity index is 2.66. The van der Waals surface area contributed by atoms with Gasteiger partial charge in [-0.2, -0.15) is 0 Å². The molecule has 1 aromatic heterocycles. The number of carbonyl (C=O) groups excluding carboxylic acids is 1. The van der Waals surface area contributed by atoms with Crippen molar-refractivity contribution in [3.05, 3.63) is 28.5 Å². The van der Waals surface area contributed by atoms with E-state index in [4.69, 9.17) is 6.42 Å². The number of nitrogens with zero attached hydrogens (tertiary/aromatic N) is 1. The summed E-state index contributed by atoms with van der Waals surface area (Å²) in [5.74, 6) is 2.34. The molecule has 0 saturated heterocycles. The van der Waals surface area contributed by atoms with Gasteiger partial charge in [0.25, 0.3) is 5.91 Å². The monoisotopic (exact) mass is 266 g/mol. The van der Waals surface area contributed by atoms with E-state index in [1.54, 1.807) is 12.3 Å². The van der Waals surface area contributed by atoms with E-state index in [1.165, 1.54) is 6.20 Å². The normalized spacial score (nSPS) is 11.5. The zero-order chi connectivity index (χ0) is 11.3. The van der Waals surface area contributed by atoms with E-state index in [0.29, 0.717) is 12.0 Å². The summed E-state index contributed by atoms with van der Waals surface area (Å²) in [5.41, 5.74) is 0.522. The highest BCUT2D eigenvalue weighted by atomic mass is 79.9. The van der Waals surface area contributed by atoms with Crippen LogP contribution in [0.4, 0.5) is 0 Å². The van der Waals surface area contributed by atoms with E-state index in [2.05, 4.69) is 32.2 Å². The average molecular weight is 267 g/mol. The number of hydrogen-bond acceptors (Lipinski definition) is 2. The van der Waals surface area contributed by atoms with Crippen molar-refractivity contribution in [2.45, 2.75) is 19.4 Å². The van der Waals surface area contributed by atoms with Crippen molar-refractivity contribution in [1.82, 2.24) is 10.3 Å². The Kier molecular flexibility index (Phi) is 4.32. The van der Waals surface area contributed by atoms with E-state index >= 15 is 0 Å². The standard InChI is InChI=1S/C11H11BrN2O/c1-3-4-8(2)14-11(15)9-5-10(12)7-13-6-9/h1,5-8H,4H2,2H3,(H,14,15). The zero-order valence-corrected chi connectivity index (χ0v) is 9.91. The first-order valence-electron chi connectivity index (χ1n) is 4.48. The molecular formula is C11H11BrN2O. The molecule has 0 spiro atoms. The van der Waals surface area contributed by atoms with Crippen LogP contribution in [-0.4, -0.2) is 16.9 Å². The van der Waals surface area contributed by atoms with Crippen molar-refractivity contribution >= 4 is 21.8 Å². The Labute approximate surface area is 97.4 Å². The largest absolute Gasteiger partial charge is 0.349 e. The minimum Gasteiger partial charge on any atom is -0.349 e. The predicted molar refractivity (Wildman–Crippen MR) is 62.3 cm³/mol. The molecule has 1 atom stereocenters. The Morgan fingerprint density at radius 3 is 3.07 bits per heavy atom. The summed E-state index contributed by atoms with van der Waals surface area (Å²) < 4.78 is 0.778. The topological polar surface area (TPSA) is 42.0 Å². The van der Waals surface area contributed by atoms with Gasteiger partial charge in [0.1, 0.15) is 0 Å². The second kappa shape index (κ2) is 5.52. The lowest BCUT2D eigenvalue weighted by atomic mass is 10.2. The van der Waals surface area contributed by atoms with Crippen molar-refractivity contribution in [2.24, 2.45) is 0 Å². The van der Waals surface area contributed by atoms with Gasteiger partial charge in [-0.25, -0.2) is 0 Å². The van der Waals surface area contributed by atoms with Gasteiger partial charge in [-0.1, -0.05) is 0 Å². The highest BCUT2D eigenvalue weighted by Gasteiger charge is 2.09. The molecule has 1 amide bonds. The maximum atomic E-state index is 11.6. The number of amides is 1. The van der Waals surface area contributed by atoms with Crippen LogP contribution in [-0.2, 0) is 0 Å². The molecule has 0 radical (unpaired) electrons. The predicted octanol–water partition coefficient (Wildman–Crippen LogP) is 1.99. The molecule has 0 aromatic carbocycles. The van der Waals surface area contributed by atoms with Gasteiger partial charge in [-0.05, 0) is 28.9 Å². The van der Waals surface area contributed by atoms with Crippen LogP contribution in [0, 0.1) is 12.3 Å². The van der Waals surface area contributed by atoms with Gasteiger partial charge in [0.15, 0.2) is 0 Å². The number of pyridine rings is 1. The summed E-state index contributed by atoms with van der Waals surface area (Å²) in [4.78, 5) is 15.6. The summed E-state index contributed by atoms with van der Waals surface area (Å²) in [6, 6.07) is 1.69. The third-order valence-corrected chi connectivity index (χ3v) is 2.20. The number of nitrogens with one attached hydrogen (secondary N) is 1. The third kappa shape index (κ3) is 3.72. The highest BCUT2D eigenvalue weighted by molar-refractivity contribution is 9.10. The van der Waals surface area contributed by atoms with Crippen molar-refractivity contribution in [1.29, 1.82) is 0 Å². The summed E-state index contributed by atoms with van der Waals surface area (Å²) in [6.07, 6.45) is 8.81. The zero-order valence-electron chi connectivity index (χ0n) is 8.33. The maximum Gasteiger partial charge on any atom is 0.253 e. The van der Waals surface area contributed by atoms with E-state index in [-0.39, 0.29) is 11.9 Å². The molecule has 0 aliphatic rings. The minimum absolute atomic E-state index is 0.0264. The number of terminal acetylenes is 1. The van der Waals surface area contributed by atoms with Gasteiger partial charge in [0.2, 0.25) is 0 Å². The first-order valence-corrected chi connectivity index (χ1v) is 5.27. The van der Waals surface area contributed by atoms with Crippen molar-refractivity contribution < 1.29 is 4.79 Å². The summed E-state index contributed by atoms with van der Waals surface area (Å²) in [5, 5.41) is 2.78. The van der Waals surface area contributed by atoms with Gasteiger partial charge in [-0.15, -0.1) is 12.3 Å². The molecule has 1 N–H and O–H groups in total. The lowest BCUT2D eigenvalue weighted by molar-refractivity contribution is 0.0940. The van der Waals surface area contributed by atoms with Gasteiger partial charge in [0, 0.05) is 29.3 Å². The van der Waals surface area contributed by atoms with Crippen LogP contribution in [0.5, 0.6) is 0 Å². The first kappa shape index (κ1) is 11.7. The maximum absolute atomic E-state index is 11.6. The second-order valence-electron chi connectivity index (χ2n) is 3.17. The lowest BCUT2D eigenvalue weighted by Crippen LogP contribution is -2.32. The third-order valence-electron chi connectivity index (χ3n) is 1.77. The number of carbonyl (C=O) groups is 1. The molecule has 0 aliphatic carbocycles. The van der Waals surface area contributed by atoms with Gasteiger partial charge < -0.3 is 5.32 Å². The summed E-state index contributed by atoms with van der Waals surface area (Å²) in [7, 11) is 0. The van der Waals surface area contributed by atoms with Crippen LogP contribution in [0.1, 0.15) is 23.7 Å². The number of rotatable bonds is 3. The molecule has 0 bridgehead atoms. The Morgan fingerprint density at radius 2 is 2.47 bits per heavy atom. The van der Waals surface area contributed by atoms with Gasteiger partial charge >= 0.3 is 0 Å². The summed E-state index contributed by atoms with van der Waals surface area (Å²) >= 11 is 3.25. The molecule has 1 aromatic rings. The minimum atomic E-state index is -0.161. The van der Waals surface area contributed by atoms with Crippen molar-refractivity contribution in [3.8, 4) is 12.3 Å². The molecular weight excluding hydrogens is 256 g/mol. The van der Waals surface area contributed by atoms with Crippen molar-refractivity contribution in [3.63, 3.8) is 0 Å². The lowest BCUT2D eigenvalue weighted by Gasteiger charge is -2.10. The van der Waals surface area contributed by atoms with E-state index in [0.717, 1.165) is 4.47 Å². The molecule has 0 saturated carbocycles.